The summed E-state index contributed by atoms with van der Waals surface area (Å²) in [6.07, 6.45) is 1.85. The van der Waals surface area contributed by atoms with Gasteiger partial charge in [0.25, 0.3) is 0 Å². The summed E-state index contributed by atoms with van der Waals surface area (Å²) < 4.78 is 0. The number of rotatable bonds is 5. The first kappa shape index (κ1) is 23.6. The number of thioether (sulfide) groups is 1. The van der Waals surface area contributed by atoms with E-state index < -0.39 is 8.07 Å². The summed E-state index contributed by atoms with van der Waals surface area (Å²) in [7, 11) is -1.76. The van der Waals surface area contributed by atoms with Crippen molar-refractivity contribution in [1.82, 2.24) is 0 Å². The maximum atomic E-state index is 10.3. The molecule has 1 nitrogen and oxygen atoms in total. The summed E-state index contributed by atoms with van der Waals surface area (Å²) in [5.41, 5.74) is 2.35. The minimum atomic E-state index is -1.76. The van der Waals surface area contributed by atoms with Crippen molar-refractivity contribution in [2.24, 2.45) is 0 Å². The Balaban J connectivity index is 3.45. The van der Waals surface area contributed by atoms with Gasteiger partial charge < -0.3 is 5.11 Å². The fraction of sp³-hybridized carbons (Fsp3) is 0.739. The normalized spacial score (nSPS) is 14.0. The van der Waals surface area contributed by atoms with Crippen LogP contribution in [0.5, 0.6) is 5.75 Å². The highest BCUT2D eigenvalue weighted by Gasteiger charge is 2.59. The van der Waals surface area contributed by atoms with Gasteiger partial charge in [0, 0.05) is 4.90 Å². The lowest BCUT2D eigenvalue weighted by atomic mass is 10.1. The van der Waals surface area contributed by atoms with Crippen molar-refractivity contribution in [3.63, 3.8) is 0 Å². The third-order valence-electron chi connectivity index (χ3n) is 6.31. The lowest BCUT2D eigenvalue weighted by molar-refractivity contribution is 0.467. The fourth-order valence-electron chi connectivity index (χ4n) is 5.56. The van der Waals surface area contributed by atoms with Gasteiger partial charge in [-0.1, -0.05) is 76.2 Å². The van der Waals surface area contributed by atoms with E-state index in [0.29, 0.717) is 20.9 Å². The highest BCUT2D eigenvalue weighted by Crippen LogP contribution is 2.63. The molecule has 0 spiro atoms. The smallest absolute Gasteiger partial charge is 0.119 e. The van der Waals surface area contributed by atoms with E-state index in [-0.39, 0.29) is 0 Å². The topological polar surface area (TPSA) is 20.2 Å². The second-order valence-corrected chi connectivity index (χ2v) is 18.9. The van der Waals surface area contributed by atoms with E-state index in [9.17, 15) is 5.11 Å². The van der Waals surface area contributed by atoms with Crippen LogP contribution < -0.4 is 0 Å². The quantitative estimate of drug-likeness (QED) is 0.403. The maximum absolute atomic E-state index is 10.3. The van der Waals surface area contributed by atoms with Crippen molar-refractivity contribution < 1.29 is 5.11 Å². The number of hydrogen-bond acceptors (Lipinski definition) is 2. The van der Waals surface area contributed by atoms with E-state index in [2.05, 4.69) is 82.2 Å². The van der Waals surface area contributed by atoms with Crippen LogP contribution in [0.1, 0.15) is 87.3 Å². The van der Waals surface area contributed by atoms with Crippen LogP contribution in [0.15, 0.2) is 17.0 Å². The number of benzene rings is 1. The molecule has 0 saturated carbocycles. The predicted octanol–water partition coefficient (Wildman–Crippen LogP) is 8.00. The molecule has 150 valence electrons. The molecular weight excluding hydrogens is 352 g/mol. The van der Waals surface area contributed by atoms with Gasteiger partial charge in [-0.05, 0) is 56.6 Å². The van der Waals surface area contributed by atoms with Crippen molar-refractivity contribution in [2.45, 2.75) is 109 Å². The molecule has 0 saturated heterocycles. The number of phenolic OH excluding ortho intramolecular Hbond substituents is 1. The van der Waals surface area contributed by atoms with Crippen molar-refractivity contribution in [2.75, 3.05) is 5.38 Å². The Bertz CT molecular complexity index is 579. The lowest BCUT2D eigenvalue weighted by Crippen LogP contribution is -2.60. The van der Waals surface area contributed by atoms with E-state index in [1.165, 1.54) is 15.8 Å². The van der Waals surface area contributed by atoms with Gasteiger partial charge in [-0.3, -0.25) is 0 Å². The Hall–Kier alpha value is -0.413. The van der Waals surface area contributed by atoms with Gasteiger partial charge in [0.2, 0.25) is 0 Å². The lowest BCUT2D eigenvalue weighted by Gasteiger charge is -2.59. The van der Waals surface area contributed by atoms with Crippen LogP contribution in [0.25, 0.3) is 0 Å². The minimum absolute atomic E-state index is 0.313. The van der Waals surface area contributed by atoms with Crippen LogP contribution >= 0.6 is 11.8 Å². The molecule has 1 N–H and O–H groups in total. The Morgan fingerprint density at radius 2 is 1.19 bits per heavy atom. The van der Waals surface area contributed by atoms with Crippen LogP contribution in [0.3, 0.4) is 0 Å². The average molecular weight is 395 g/mol. The van der Waals surface area contributed by atoms with E-state index in [4.69, 9.17) is 0 Å². The van der Waals surface area contributed by atoms with Crippen LogP contribution in [0, 0.1) is 0 Å². The van der Waals surface area contributed by atoms with Crippen molar-refractivity contribution in [1.29, 1.82) is 0 Å². The van der Waals surface area contributed by atoms with Gasteiger partial charge in [-0.15, -0.1) is 11.8 Å². The summed E-state index contributed by atoms with van der Waals surface area (Å²) in [6.45, 7) is 26.5. The van der Waals surface area contributed by atoms with E-state index in [1.54, 1.807) is 0 Å². The third kappa shape index (κ3) is 4.35. The van der Waals surface area contributed by atoms with Crippen LogP contribution in [0.4, 0.5) is 0 Å². The molecule has 0 radical (unpaired) electrons. The number of phenols is 1. The average Bonchev–Trinajstić information content (AvgIpc) is 2.44. The monoisotopic (exact) mass is 394 g/mol. The summed E-state index contributed by atoms with van der Waals surface area (Å²) >= 11 is 2.05. The third-order valence-corrected chi connectivity index (χ3v) is 17.0. The molecule has 0 unspecified atom stereocenters. The van der Waals surface area contributed by atoms with Crippen LogP contribution in [-0.2, 0) is 12.8 Å². The molecule has 26 heavy (non-hydrogen) atoms. The molecule has 0 aliphatic heterocycles. The first-order valence-electron chi connectivity index (χ1n) is 10.1. The van der Waals surface area contributed by atoms with Crippen LogP contribution in [0.2, 0.25) is 15.1 Å². The van der Waals surface area contributed by atoms with Crippen LogP contribution in [-0.4, -0.2) is 18.6 Å². The molecule has 0 amide bonds. The molecule has 0 aliphatic rings. The number of aromatic hydroxyl groups is 1. The summed E-state index contributed by atoms with van der Waals surface area (Å²) in [6, 6.07) is 4.24. The summed E-state index contributed by atoms with van der Waals surface area (Å²) in [4.78, 5) is 1.37. The summed E-state index contributed by atoms with van der Waals surface area (Å²) in [5, 5.41) is 12.4. The Morgan fingerprint density at radius 3 is 1.54 bits per heavy atom. The zero-order chi connectivity index (χ0) is 20.6. The summed E-state index contributed by atoms with van der Waals surface area (Å²) in [5.74, 6) is 0.458. The number of aryl methyl sites for hydroxylation is 2. The molecule has 0 fully saturated rings. The van der Waals surface area contributed by atoms with E-state index in [0.717, 1.165) is 18.4 Å². The molecule has 0 aromatic heterocycles. The first-order chi connectivity index (χ1) is 11.6. The molecule has 1 aromatic rings. The highest BCUT2D eigenvalue weighted by molar-refractivity contribution is 8.01. The Morgan fingerprint density at radius 1 is 0.769 bits per heavy atom. The zero-order valence-corrected chi connectivity index (χ0v) is 20.9. The SMILES string of the molecule is CCc1cc(SC[Si](C(C)(C)C)(C(C)(C)C)C(C)(C)C)c(CC)cc1O. The Kier molecular flexibility index (Phi) is 7.19. The van der Waals surface area contributed by atoms with Crippen molar-refractivity contribution in [3.05, 3.63) is 23.3 Å². The predicted molar refractivity (Wildman–Crippen MR) is 122 cm³/mol. The van der Waals surface area contributed by atoms with E-state index >= 15 is 0 Å². The molecule has 1 aromatic carbocycles. The number of hydrogen-bond donors (Lipinski definition) is 1. The highest BCUT2D eigenvalue weighted by atomic mass is 32.2. The zero-order valence-electron chi connectivity index (χ0n) is 19.1. The van der Waals surface area contributed by atoms with Gasteiger partial charge in [0.15, 0.2) is 0 Å². The minimum Gasteiger partial charge on any atom is -0.508 e. The van der Waals surface area contributed by atoms with Gasteiger partial charge in [-0.2, -0.15) is 0 Å². The fourth-order valence-corrected chi connectivity index (χ4v) is 19.6. The van der Waals surface area contributed by atoms with Gasteiger partial charge in [-0.25, -0.2) is 0 Å². The molecule has 0 aliphatic carbocycles. The van der Waals surface area contributed by atoms with E-state index in [1.807, 2.05) is 17.8 Å². The van der Waals surface area contributed by atoms with Gasteiger partial charge in [0.1, 0.15) is 5.75 Å². The second kappa shape index (κ2) is 7.91. The molecule has 0 atom stereocenters. The van der Waals surface area contributed by atoms with Gasteiger partial charge in [0.05, 0.1) is 8.07 Å². The van der Waals surface area contributed by atoms with Crippen molar-refractivity contribution >= 4 is 19.8 Å². The second-order valence-electron chi connectivity index (χ2n) is 10.7. The molecular formula is C23H42OSSi. The molecule has 3 heteroatoms. The first-order valence-corrected chi connectivity index (χ1v) is 13.3. The Labute approximate surface area is 168 Å². The molecule has 1 rings (SSSR count). The maximum Gasteiger partial charge on any atom is 0.119 e. The largest absolute Gasteiger partial charge is 0.508 e. The molecule has 0 heterocycles. The standard InChI is InChI=1S/C23H42OSSi/c1-12-17-15-20(18(13-2)14-19(17)24)25-16-26(21(3,4)5,22(6,7)8)23(9,10)11/h14-15,24H,12-13,16H2,1-11H3. The molecule has 0 bridgehead atoms. The van der Waals surface area contributed by atoms with Crippen molar-refractivity contribution in [3.8, 4) is 5.75 Å². The van der Waals surface area contributed by atoms with Gasteiger partial charge >= 0.3 is 0 Å².